The van der Waals surface area contributed by atoms with Gasteiger partial charge in [-0.15, -0.1) is 10.2 Å². The van der Waals surface area contributed by atoms with E-state index in [-0.39, 0.29) is 11.3 Å². The molecule has 7 heteroatoms. The Labute approximate surface area is 145 Å². The molecule has 0 bridgehead atoms. The van der Waals surface area contributed by atoms with Gasteiger partial charge in [-0.1, -0.05) is 13.3 Å². The Morgan fingerprint density at radius 1 is 1.36 bits per heavy atom. The number of hydrogen-bond donors (Lipinski definition) is 0. The van der Waals surface area contributed by atoms with Crippen molar-refractivity contribution in [3.63, 3.8) is 0 Å². The van der Waals surface area contributed by atoms with Crippen molar-refractivity contribution in [1.29, 1.82) is 0 Å². The van der Waals surface area contributed by atoms with Gasteiger partial charge in [-0.3, -0.25) is 4.79 Å². The minimum Gasteiger partial charge on any atom is -0.447 e. The molecule has 2 aromatic rings. The molecule has 7 nitrogen and oxygen atoms in total. The van der Waals surface area contributed by atoms with Crippen molar-refractivity contribution in [2.75, 3.05) is 13.1 Å². The predicted molar refractivity (Wildman–Crippen MR) is 87.1 cm³/mol. The predicted octanol–water partition coefficient (Wildman–Crippen LogP) is 2.69. The van der Waals surface area contributed by atoms with E-state index in [0.717, 1.165) is 50.8 Å². The van der Waals surface area contributed by atoms with Gasteiger partial charge >= 0.3 is 0 Å². The fraction of sp³-hybridized carbons (Fsp3) is 0.667. The average Bonchev–Trinajstić information content (AvgIpc) is 3.05. The van der Waals surface area contributed by atoms with E-state index in [1.807, 2.05) is 11.8 Å². The van der Waals surface area contributed by atoms with Crippen molar-refractivity contribution >= 4 is 5.91 Å². The molecule has 1 saturated heterocycles. The van der Waals surface area contributed by atoms with E-state index in [0.29, 0.717) is 35.9 Å². The second-order valence-corrected chi connectivity index (χ2v) is 7.62. The Kier molecular flexibility index (Phi) is 3.27. The Hall–Kier alpha value is -2.18. The van der Waals surface area contributed by atoms with Crippen molar-refractivity contribution in [1.82, 2.24) is 20.1 Å². The monoisotopic (exact) mass is 342 g/mol. The van der Waals surface area contributed by atoms with Crippen molar-refractivity contribution in [2.24, 2.45) is 5.92 Å². The van der Waals surface area contributed by atoms with Crippen LogP contribution < -0.4 is 0 Å². The van der Waals surface area contributed by atoms with E-state index in [1.54, 1.807) is 0 Å². The van der Waals surface area contributed by atoms with E-state index >= 15 is 0 Å². The highest BCUT2D eigenvalue weighted by Gasteiger charge is 2.55. The molecule has 0 aromatic carbocycles. The lowest BCUT2D eigenvalue weighted by molar-refractivity contribution is 0.0768. The minimum atomic E-state index is -0.181. The number of rotatable bonds is 4. The van der Waals surface area contributed by atoms with Gasteiger partial charge in [0.05, 0.1) is 5.41 Å². The number of fused-ring (bicyclic) bond motifs is 1. The minimum absolute atomic E-state index is 0.0142. The van der Waals surface area contributed by atoms with Crippen LogP contribution in [0.2, 0.25) is 0 Å². The summed E-state index contributed by atoms with van der Waals surface area (Å²) in [6.07, 6.45) is 7.56. The number of oxazole rings is 1. The van der Waals surface area contributed by atoms with Gasteiger partial charge in [0, 0.05) is 25.4 Å². The molecule has 2 aliphatic carbocycles. The Morgan fingerprint density at radius 2 is 2.24 bits per heavy atom. The molecule has 25 heavy (non-hydrogen) atoms. The zero-order chi connectivity index (χ0) is 17.0. The maximum Gasteiger partial charge on any atom is 0.276 e. The molecule has 2 saturated carbocycles. The molecule has 2 atom stereocenters. The zero-order valence-electron chi connectivity index (χ0n) is 14.4. The van der Waals surface area contributed by atoms with Crippen LogP contribution in [-0.4, -0.2) is 39.1 Å². The molecule has 1 aliphatic heterocycles. The zero-order valence-corrected chi connectivity index (χ0v) is 14.4. The highest BCUT2D eigenvalue weighted by Crippen LogP contribution is 2.50. The van der Waals surface area contributed by atoms with Crippen LogP contribution in [0.1, 0.15) is 73.0 Å². The number of amides is 1. The summed E-state index contributed by atoms with van der Waals surface area (Å²) in [5.41, 5.74) is 0.317. The first-order chi connectivity index (χ1) is 12.2. The molecule has 2 aromatic heterocycles. The third-order valence-electron chi connectivity index (χ3n) is 6.10. The largest absolute Gasteiger partial charge is 0.447 e. The summed E-state index contributed by atoms with van der Waals surface area (Å²) >= 11 is 0. The van der Waals surface area contributed by atoms with Crippen molar-refractivity contribution in [3.8, 4) is 0 Å². The number of likely N-dealkylation sites (tertiary alicyclic amines) is 1. The standard InChI is InChI=1S/C18H22N4O3/c1-2-13-20-21-17(25-13)18-7-3-4-12(18)8-22(9-18)16(23)14-15(11-5-6-11)24-10-19-14/h10-12H,2-9H2,1H3/t12-,18-/m0/s1. The molecule has 1 amide bonds. The summed E-state index contributed by atoms with van der Waals surface area (Å²) in [6.45, 7) is 3.38. The first-order valence-electron chi connectivity index (χ1n) is 9.27. The molecular formula is C18H22N4O3. The average molecular weight is 342 g/mol. The second kappa shape index (κ2) is 5.41. The third-order valence-corrected chi connectivity index (χ3v) is 6.10. The van der Waals surface area contributed by atoms with E-state index in [1.165, 1.54) is 6.39 Å². The summed E-state index contributed by atoms with van der Waals surface area (Å²) in [5, 5.41) is 8.48. The molecular weight excluding hydrogens is 320 g/mol. The van der Waals surface area contributed by atoms with Gasteiger partial charge in [0.2, 0.25) is 11.8 Å². The molecule has 3 heterocycles. The smallest absolute Gasteiger partial charge is 0.276 e. The fourth-order valence-electron chi connectivity index (χ4n) is 4.59. The molecule has 0 N–H and O–H groups in total. The maximum absolute atomic E-state index is 13.1. The number of nitrogens with zero attached hydrogens (tertiary/aromatic N) is 4. The van der Waals surface area contributed by atoms with Crippen LogP contribution in [0.4, 0.5) is 0 Å². The van der Waals surface area contributed by atoms with Crippen molar-refractivity contribution < 1.29 is 13.6 Å². The van der Waals surface area contributed by atoms with Gasteiger partial charge in [0.15, 0.2) is 12.1 Å². The Bertz CT molecular complexity index is 809. The topological polar surface area (TPSA) is 85.3 Å². The number of carbonyl (C=O) groups excluding carboxylic acids is 1. The van der Waals surface area contributed by atoms with Crippen LogP contribution in [-0.2, 0) is 11.8 Å². The molecule has 3 fully saturated rings. The van der Waals surface area contributed by atoms with E-state index < -0.39 is 0 Å². The van der Waals surface area contributed by atoms with E-state index in [2.05, 4.69) is 15.2 Å². The fourth-order valence-corrected chi connectivity index (χ4v) is 4.59. The lowest BCUT2D eigenvalue weighted by Gasteiger charge is -2.24. The first kappa shape index (κ1) is 15.1. The molecule has 132 valence electrons. The van der Waals surface area contributed by atoms with Gasteiger partial charge in [0.25, 0.3) is 5.91 Å². The summed E-state index contributed by atoms with van der Waals surface area (Å²) in [4.78, 5) is 19.2. The maximum atomic E-state index is 13.1. The molecule has 3 aliphatic rings. The van der Waals surface area contributed by atoms with Crippen LogP contribution in [0, 0.1) is 5.92 Å². The van der Waals surface area contributed by atoms with Gasteiger partial charge in [0.1, 0.15) is 5.76 Å². The summed E-state index contributed by atoms with van der Waals surface area (Å²) in [7, 11) is 0. The number of aromatic nitrogens is 3. The van der Waals surface area contributed by atoms with Gasteiger partial charge in [-0.2, -0.15) is 0 Å². The van der Waals surface area contributed by atoms with Crippen molar-refractivity contribution in [3.05, 3.63) is 29.6 Å². The quantitative estimate of drug-likeness (QED) is 0.849. The van der Waals surface area contributed by atoms with E-state index in [9.17, 15) is 4.79 Å². The highest BCUT2D eigenvalue weighted by molar-refractivity contribution is 5.93. The first-order valence-corrected chi connectivity index (χ1v) is 9.27. The van der Waals surface area contributed by atoms with Crippen molar-refractivity contribution in [2.45, 2.75) is 56.8 Å². The number of hydrogen-bond acceptors (Lipinski definition) is 6. The Morgan fingerprint density at radius 3 is 3.00 bits per heavy atom. The SMILES string of the molecule is CCc1nnc([C@]23CCC[C@H]2CN(C(=O)c2ncoc2C2CC2)C3)o1. The normalized spacial score (nSPS) is 28.5. The lowest BCUT2D eigenvalue weighted by atomic mass is 9.80. The van der Waals surface area contributed by atoms with Crippen LogP contribution in [0.15, 0.2) is 15.2 Å². The van der Waals surface area contributed by atoms with Gasteiger partial charge in [-0.25, -0.2) is 4.98 Å². The van der Waals surface area contributed by atoms with Crippen LogP contribution in [0.5, 0.6) is 0 Å². The van der Waals surface area contributed by atoms with Gasteiger partial charge in [-0.05, 0) is 31.6 Å². The third kappa shape index (κ3) is 2.24. The summed E-state index contributed by atoms with van der Waals surface area (Å²) in [6, 6.07) is 0. The number of carbonyl (C=O) groups is 1. The van der Waals surface area contributed by atoms with Crippen LogP contribution in [0.25, 0.3) is 0 Å². The molecule has 0 spiro atoms. The summed E-state index contributed by atoms with van der Waals surface area (Å²) in [5.74, 6) is 2.90. The van der Waals surface area contributed by atoms with Gasteiger partial charge < -0.3 is 13.7 Å². The van der Waals surface area contributed by atoms with E-state index in [4.69, 9.17) is 8.83 Å². The lowest BCUT2D eigenvalue weighted by Crippen LogP contribution is -2.35. The molecule has 5 rings (SSSR count). The molecule has 0 radical (unpaired) electrons. The van der Waals surface area contributed by atoms with Crippen LogP contribution in [0.3, 0.4) is 0 Å². The van der Waals surface area contributed by atoms with Crippen LogP contribution >= 0.6 is 0 Å². The molecule has 0 unspecified atom stereocenters. The Balaban J connectivity index is 1.43. The number of aryl methyl sites for hydroxylation is 1. The second-order valence-electron chi connectivity index (χ2n) is 7.62. The summed E-state index contributed by atoms with van der Waals surface area (Å²) < 4.78 is 11.4. The highest BCUT2D eigenvalue weighted by atomic mass is 16.4.